The molecule has 7 nitrogen and oxygen atoms in total. The Morgan fingerprint density at radius 1 is 1.00 bits per heavy atom. The van der Waals surface area contributed by atoms with Crippen molar-refractivity contribution in [3.05, 3.63) is 65.2 Å². The SMILES string of the molecule is CCN1CCN(c2ccc(CNC(=O)c3cc(-c4ccccc4)c(N4CCOCC4)s3)cn2)CC1. The fourth-order valence-corrected chi connectivity index (χ4v) is 5.74. The van der Waals surface area contributed by atoms with Crippen LogP contribution in [0.5, 0.6) is 0 Å². The number of benzene rings is 1. The number of rotatable bonds is 7. The van der Waals surface area contributed by atoms with Gasteiger partial charge in [0.15, 0.2) is 0 Å². The van der Waals surface area contributed by atoms with E-state index in [-0.39, 0.29) is 5.91 Å². The van der Waals surface area contributed by atoms with Gasteiger partial charge in [0.1, 0.15) is 5.82 Å². The molecule has 1 aromatic carbocycles. The second-order valence-electron chi connectivity index (χ2n) is 8.92. The Morgan fingerprint density at radius 3 is 2.46 bits per heavy atom. The first-order chi connectivity index (χ1) is 17.2. The monoisotopic (exact) mass is 491 g/mol. The molecule has 4 heterocycles. The van der Waals surface area contributed by atoms with Gasteiger partial charge >= 0.3 is 0 Å². The van der Waals surface area contributed by atoms with Crippen LogP contribution in [0.2, 0.25) is 0 Å². The van der Waals surface area contributed by atoms with E-state index in [1.807, 2.05) is 30.5 Å². The highest BCUT2D eigenvalue weighted by Gasteiger charge is 2.22. The Kier molecular flexibility index (Phi) is 7.61. The molecule has 1 N–H and O–H groups in total. The number of pyridine rings is 1. The number of nitrogens with zero attached hydrogens (tertiary/aromatic N) is 4. The third-order valence-electron chi connectivity index (χ3n) is 6.73. The molecule has 2 aromatic heterocycles. The van der Waals surface area contributed by atoms with E-state index in [2.05, 4.69) is 56.2 Å². The topological polar surface area (TPSA) is 60.9 Å². The van der Waals surface area contributed by atoms with E-state index in [0.717, 1.165) is 78.2 Å². The highest BCUT2D eigenvalue weighted by molar-refractivity contribution is 7.18. The zero-order valence-electron chi connectivity index (χ0n) is 20.3. The maximum absolute atomic E-state index is 13.1. The minimum absolute atomic E-state index is 0.0496. The number of amides is 1. The minimum Gasteiger partial charge on any atom is -0.378 e. The first-order valence-electron chi connectivity index (χ1n) is 12.4. The molecule has 2 aliphatic rings. The number of carbonyl (C=O) groups excluding carboxylic acids is 1. The van der Waals surface area contributed by atoms with Crippen LogP contribution in [0.4, 0.5) is 10.8 Å². The fraction of sp³-hybridized carbons (Fsp3) is 0.407. The smallest absolute Gasteiger partial charge is 0.261 e. The third-order valence-corrected chi connectivity index (χ3v) is 7.92. The van der Waals surface area contributed by atoms with Crippen LogP contribution in [0.25, 0.3) is 11.1 Å². The number of nitrogens with one attached hydrogen (secondary N) is 1. The second-order valence-corrected chi connectivity index (χ2v) is 9.95. The van der Waals surface area contributed by atoms with Crippen LogP contribution in [-0.2, 0) is 11.3 Å². The average Bonchev–Trinajstić information content (AvgIpc) is 3.39. The van der Waals surface area contributed by atoms with Crippen molar-refractivity contribution in [2.45, 2.75) is 13.5 Å². The molecule has 0 radical (unpaired) electrons. The van der Waals surface area contributed by atoms with Crippen molar-refractivity contribution in [2.24, 2.45) is 0 Å². The molecular weight excluding hydrogens is 458 g/mol. The summed E-state index contributed by atoms with van der Waals surface area (Å²) in [7, 11) is 0. The number of aromatic nitrogens is 1. The summed E-state index contributed by atoms with van der Waals surface area (Å²) in [4.78, 5) is 25.6. The molecule has 1 amide bonds. The molecule has 0 unspecified atom stereocenters. The molecule has 5 rings (SSSR count). The van der Waals surface area contributed by atoms with E-state index in [1.54, 1.807) is 11.3 Å². The van der Waals surface area contributed by atoms with E-state index in [9.17, 15) is 4.79 Å². The summed E-state index contributed by atoms with van der Waals surface area (Å²) in [5.74, 6) is 0.961. The highest BCUT2D eigenvalue weighted by Crippen LogP contribution is 2.39. The molecule has 0 saturated carbocycles. The number of thiophene rings is 1. The van der Waals surface area contributed by atoms with Gasteiger partial charge in [0.05, 0.1) is 23.1 Å². The summed E-state index contributed by atoms with van der Waals surface area (Å²) < 4.78 is 5.54. The Balaban J connectivity index is 1.25. The van der Waals surface area contributed by atoms with Crippen molar-refractivity contribution in [3.8, 4) is 11.1 Å². The Labute approximate surface area is 211 Å². The molecule has 0 aliphatic carbocycles. The van der Waals surface area contributed by atoms with Gasteiger partial charge in [-0.3, -0.25) is 4.79 Å². The predicted octanol–water partition coefficient (Wildman–Crippen LogP) is 3.72. The second kappa shape index (κ2) is 11.2. The summed E-state index contributed by atoms with van der Waals surface area (Å²) in [6, 6.07) is 16.5. The van der Waals surface area contributed by atoms with E-state index in [4.69, 9.17) is 4.74 Å². The van der Waals surface area contributed by atoms with Gasteiger partial charge in [-0.25, -0.2) is 4.98 Å². The van der Waals surface area contributed by atoms with Crippen LogP contribution in [0.15, 0.2) is 54.7 Å². The number of hydrogen-bond donors (Lipinski definition) is 1. The number of ether oxygens (including phenoxy) is 1. The maximum atomic E-state index is 13.1. The number of likely N-dealkylation sites (N-methyl/N-ethyl adjacent to an activating group) is 1. The number of morpholine rings is 1. The highest BCUT2D eigenvalue weighted by atomic mass is 32.1. The van der Waals surface area contributed by atoms with Crippen LogP contribution >= 0.6 is 11.3 Å². The van der Waals surface area contributed by atoms with Crippen LogP contribution in [0.3, 0.4) is 0 Å². The number of piperazine rings is 1. The molecule has 3 aromatic rings. The molecule has 8 heteroatoms. The van der Waals surface area contributed by atoms with Gasteiger partial charge in [-0.05, 0) is 29.8 Å². The lowest BCUT2D eigenvalue weighted by atomic mass is 10.1. The molecule has 2 fully saturated rings. The first-order valence-corrected chi connectivity index (χ1v) is 13.3. The van der Waals surface area contributed by atoms with Crippen molar-refractivity contribution >= 4 is 28.1 Å². The molecule has 2 aliphatic heterocycles. The molecular formula is C27H33N5O2S. The predicted molar refractivity (Wildman–Crippen MR) is 143 cm³/mol. The lowest BCUT2D eigenvalue weighted by Gasteiger charge is -2.34. The van der Waals surface area contributed by atoms with E-state index in [0.29, 0.717) is 19.8 Å². The fourth-order valence-electron chi connectivity index (χ4n) is 4.59. The number of hydrogen-bond acceptors (Lipinski definition) is 7. The van der Waals surface area contributed by atoms with Gasteiger partial charge in [-0.15, -0.1) is 11.3 Å². The van der Waals surface area contributed by atoms with Crippen LogP contribution in [0.1, 0.15) is 22.2 Å². The first kappa shape index (κ1) is 23.8. The lowest BCUT2D eigenvalue weighted by molar-refractivity contribution is 0.0955. The van der Waals surface area contributed by atoms with Gasteiger partial charge < -0.3 is 24.8 Å². The van der Waals surface area contributed by atoms with Crippen LogP contribution in [0, 0.1) is 0 Å². The molecule has 0 spiro atoms. The lowest BCUT2D eigenvalue weighted by Crippen LogP contribution is -2.46. The molecule has 0 bridgehead atoms. The van der Waals surface area contributed by atoms with Gasteiger partial charge in [0.2, 0.25) is 0 Å². The Hall–Kier alpha value is -2.94. The van der Waals surface area contributed by atoms with Gasteiger partial charge in [-0.1, -0.05) is 43.3 Å². The zero-order valence-corrected chi connectivity index (χ0v) is 21.1. The quantitative estimate of drug-likeness (QED) is 0.544. The number of anilines is 2. The van der Waals surface area contributed by atoms with Crippen molar-refractivity contribution in [3.63, 3.8) is 0 Å². The average molecular weight is 492 g/mol. The van der Waals surface area contributed by atoms with E-state index in [1.165, 1.54) is 0 Å². The maximum Gasteiger partial charge on any atom is 0.261 e. The summed E-state index contributed by atoms with van der Waals surface area (Å²) in [6.07, 6.45) is 1.88. The molecule has 0 atom stereocenters. The Morgan fingerprint density at radius 2 is 1.77 bits per heavy atom. The van der Waals surface area contributed by atoms with Crippen molar-refractivity contribution < 1.29 is 9.53 Å². The van der Waals surface area contributed by atoms with Crippen molar-refractivity contribution in [1.82, 2.24) is 15.2 Å². The van der Waals surface area contributed by atoms with Crippen LogP contribution < -0.4 is 15.1 Å². The standard InChI is InChI=1S/C27H33N5O2S/c1-2-30-10-12-31(13-11-30)25-9-8-21(19-28-25)20-29-26(33)24-18-23(22-6-4-3-5-7-22)27(35-24)32-14-16-34-17-15-32/h3-9,18-19H,2,10-17,20H2,1H3,(H,29,33). The zero-order chi connectivity index (χ0) is 24.0. The molecule has 2 saturated heterocycles. The van der Waals surface area contributed by atoms with Gasteiger partial charge in [-0.2, -0.15) is 0 Å². The van der Waals surface area contributed by atoms with Crippen molar-refractivity contribution in [1.29, 1.82) is 0 Å². The van der Waals surface area contributed by atoms with E-state index < -0.39 is 0 Å². The normalized spacial score (nSPS) is 16.9. The molecule has 184 valence electrons. The summed E-state index contributed by atoms with van der Waals surface area (Å²) >= 11 is 1.56. The summed E-state index contributed by atoms with van der Waals surface area (Å²) in [5, 5.41) is 4.23. The van der Waals surface area contributed by atoms with Crippen molar-refractivity contribution in [2.75, 3.05) is 68.8 Å². The van der Waals surface area contributed by atoms with Gasteiger partial charge in [0.25, 0.3) is 5.91 Å². The number of carbonyl (C=O) groups is 1. The minimum atomic E-state index is -0.0496. The Bertz CT molecular complexity index is 1100. The molecule has 35 heavy (non-hydrogen) atoms. The van der Waals surface area contributed by atoms with E-state index >= 15 is 0 Å². The van der Waals surface area contributed by atoms with Crippen LogP contribution in [-0.4, -0.2) is 74.8 Å². The summed E-state index contributed by atoms with van der Waals surface area (Å²) in [6.45, 7) is 11.0. The largest absolute Gasteiger partial charge is 0.378 e. The third kappa shape index (κ3) is 5.66. The summed E-state index contributed by atoms with van der Waals surface area (Å²) in [5.41, 5.74) is 3.24. The van der Waals surface area contributed by atoms with Gasteiger partial charge in [0, 0.05) is 57.6 Å².